The van der Waals surface area contributed by atoms with Crippen molar-refractivity contribution in [1.29, 1.82) is 0 Å². The Morgan fingerprint density at radius 2 is 0.525 bits per heavy atom. The fraction of sp³-hybridized carbons (Fsp3) is 0.171. The first-order chi connectivity index (χ1) is 27.3. The summed E-state index contributed by atoms with van der Waals surface area (Å²) in [6, 6.07) is 0. The van der Waals surface area contributed by atoms with Gasteiger partial charge in [0, 0.05) is 16.8 Å². The Bertz CT molecular complexity index is 2140. The number of benzene rings is 4. The Morgan fingerprint density at radius 3 is 0.797 bits per heavy atom. The van der Waals surface area contributed by atoms with Crippen LogP contribution in [-0.2, 0) is 21.6 Å². The first-order valence-corrected chi connectivity index (χ1v) is 22.6. The van der Waals surface area contributed by atoms with Crippen molar-refractivity contribution in [2.24, 2.45) is 0 Å². The van der Waals surface area contributed by atoms with E-state index < -0.39 is 165 Å². The molecule has 1 aliphatic carbocycles. The van der Waals surface area contributed by atoms with E-state index in [2.05, 4.69) is 0 Å². The van der Waals surface area contributed by atoms with Crippen molar-refractivity contribution in [2.75, 3.05) is 5.90 Å². The van der Waals surface area contributed by atoms with Gasteiger partial charge in [-0.15, -0.1) is 0 Å². The molecule has 4 aromatic rings. The summed E-state index contributed by atoms with van der Waals surface area (Å²) in [4.78, 5) is 0. The molecule has 1 fully saturated rings. The topological polar surface area (TPSA) is 0 Å². The van der Waals surface area contributed by atoms with Crippen LogP contribution in [0.5, 0.6) is 0 Å². The molecule has 5 rings (SSSR count). The van der Waals surface area contributed by atoms with Crippen molar-refractivity contribution in [1.82, 2.24) is 0 Å². The number of hydrogen-bond acceptors (Lipinski definition) is 0. The van der Waals surface area contributed by atoms with Gasteiger partial charge in [-0.25, -0.2) is 83.4 Å². The SMILES string of the molecule is C[C]1[C](C)[C](C)[C](Cc2c(F)c(F)c(F)c(F)c2P(CP(c2c(F)c(F)c(F)c(F)c2F)c2c(F)c(F)c(F)c(F)c2F)c2c(F)c(F)c(F)c(F)c2F)[C]1C.[Cl][Rh+][Cl]. The number of hydrogen-bond donors (Lipinski definition) is 0. The Kier molecular flexibility index (Phi) is 15.8. The van der Waals surface area contributed by atoms with E-state index >= 15 is 39.5 Å². The van der Waals surface area contributed by atoms with Crippen LogP contribution in [0.2, 0.25) is 0 Å². The first kappa shape index (κ1) is 49.3. The molecule has 59 heavy (non-hydrogen) atoms. The third-order valence-electron chi connectivity index (χ3n) is 9.21. The van der Waals surface area contributed by atoms with E-state index in [1.807, 2.05) is 0 Å². The van der Waals surface area contributed by atoms with Crippen molar-refractivity contribution in [3.63, 3.8) is 0 Å². The van der Waals surface area contributed by atoms with Crippen LogP contribution < -0.4 is 21.2 Å². The monoisotopic (exact) mass is 1030 g/mol. The standard InChI is InChI=1S/C35H16F19P2.2ClH.Rh/c1-7-8(2)10(4)11(9(7)3)5-12-13(36)14(37)18(41)25(48)32(12)55(33-26(49)19(42)15(38)20(43)27(33)50)6-56(34-28(51)21(44)16(39)22(45)29(34)52)35-30(53)23(46)17(40)24(47)31(35)54;;;/h5-6H2,1-4H3;2*1H;/q;;;+3/p-2. The van der Waals surface area contributed by atoms with Gasteiger partial charge in [-0.05, 0) is 51.9 Å². The summed E-state index contributed by atoms with van der Waals surface area (Å²) in [5, 5.41) is -9.38. The Balaban J connectivity index is 0.00000248. The van der Waals surface area contributed by atoms with Gasteiger partial charge in [-0.3, -0.25) is 0 Å². The molecule has 1 saturated carbocycles. The zero-order valence-electron chi connectivity index (χ0n) is 29.1. The van der Waals surface area contributed by atoms with Gasteiger partial charge in [0.05, 0.1) is 15.9 Å². The zero-order chi connectivity index (χ0) is 45.0. The van der Waals surface area contributed by atoms with E-state index in [-0.39, 0.29) is 32.9 Å². The first-order valence-electron chi connectivity index (χ1n) is 15.3. The van der Waals surface area contributed by atoms with Crippen molar-refractivity contribution >= 4 is 56.4 Å². The van der Waals surface area contributed by atoms with E-state index in [1.54, 1.807) is 0 Å². The fourth-order valence-electron chi connectivity index (χ4n) is 5.99. The zero-order valence-corrected chi connectivity index (χ0v) is 34.0. The fourth-order valence-corrected chi connectivity index (χ4v) is 12.7. The van der Waals surface area contributed by atoms with E-state index in [1.165, 1.54) is 27.7 Å². The Labute approximate surface area is 339 Å². The average Bonchev–Trinajstić information content (AvgIpc) is 3.38. The molecule has 0 saturated heterocycles. The van der Waals surface area contributed by atoms with E-state index in [4.69, 9.17) is 19.4 Å². The van der Waals surface area contributed by atoms with Crippen molar-refractivity contribution in [2.45, 2.75) is 34.1 Å². The second-order valence-electron chi connectivity index (χ2n) is 12.0. The molecular formula is C35H16Cl2F19P2Rh+. The van der Waals surface area contributed by atoms with Crippen LogP contribution in [0.25, 0.3) is 0 Å². The Hall–Kier alpha value is -2.39. The van der Waals surface area contributed by atoms with Crippen LogP contribution in [0, 0.1) is 140 Å². The van der Waals surface area contributed by atoms with Gasteiger partial charge in [0.1, 0.15) is 0 Å². The molecule has 1 atom stereocenters. The quantitative estimate of drug-likeness (QED) is 0.0542. The summed E-state index contributed by atoms with van der Waals surface area (Å²) in [5.41, 5.74) is -1.53. The molecule has 0 heterocycles. The van der Waals surface area contributed by atoms with Gasteiger partial charge >= 0.3 is 34.5 Å². The molecular weight excluding hydrogens is 1020 g/mol. The van der Waals surface area contributed by atoms with Crippen molar-refractivity contribution < 1.29 is 98.6 Å². The maximum absolute atomic E-state index is 16.2. The number of halogens is 21. The number of rotatable bonds is 8. The minimum absolute atomic E-state index is 0.0697. The summed E-state index contributed by atoms with van der Waals surface area (Å²) >= 11 is -0.226. The van der Waals surface area contributed by atoms with Gasteiger partial charge in [0.15, 0.2) is 93.1 Å². The van der Waals surface area contributed by atoms with Gasteiger partial charge in [0.2, 0.25) is 17.5 Å². The average molecular weight is 1030 g/mol. The molecule has 0 N–H and O–H groups in total. The van der Waals surface area contributed by atoms with E-state index in [9.17, 15) is 43.9 Å². The molecule has 5 radical (unpaired) electrons. The molecule has 0 nitrogen and oxygen atoms in total. The maximum atomic E-state index is 16.2. The normalized spacial score (nSPS) is 15.2. The van der Waals surface area contributed by atoms with Gasteiger partial charge in [0.25, 0.3) is 0 Å². The van der Waals surface area contributed by atoms with Crippen LogP contribution in [-0.4, -0.2) is 5.90 Å². The summed E-state index contributed by atoms with van der Waals surface area (Å²) in [6.45, 7) is 5.70. The molecule has 321 valence electrons. The third-order valence-corrected chi connectivity index (χ3v) is 15.3. The summed E-state index contributed by atoms with van der Waals surface area (Å²) in [7, 11) is 0.376. The van der Waals surface area contributed by atoms with E-state index in [0.29, 0.717) is 11.8 Å². The molecule has 0 aliphatic heterocycles. The predicted octanol–water partition coefficient (Wildman–Crippen LogP) is 11.7. The Morgan fingerprint density at radius 1 is 0.322 bits per heavy atom. The second-order valence-corrected chi connectivity index (χ2v) is 19.2. The molecule has 0 amide bonds. The van der Waals surface area contributed by atoms with Crippen LogP contribution in [0.3, 0.4) is 0 Å². The summed E-state index contributed by atoms with van der Waals surface area (Å²) < 4.78 is 286. The molecule has 0 aromatic heterocycles. The van der Waals surface area contributed by atoms with Crippen LogP contribution in [0.1, 0.15) is 33.3 Å². The van der Waals surface area contributed by atoms with Crippen molar-refractivity contribution in [3.05, 3.63) is 146 Å². The molecule has 24 heteroatoms. The van der Waals surface area contributed by atoms with Crippen molar-refractivity contribution in [3.8, 4) is 0 Å². The second kappa shape index (κ2) is 18.9. The molecule has 0 bridgehead atoms. The van der Waals surface area contributed by atoms with Crippen LogP contribution >= 0.6 is 35.2 Å². The van der Waals surface area contributed by atoms with Gasteiger partial charge in [-0.1, -0.05) is 27.7 Å². The molecule has 0 spiro atoms. The summed E-state index contributed by atoms with van der Waals surface area (Å²) in [6.07, 6.45) is -1.17. The summed E-state index contributed by atoms with van der Waals surface area (Å²) in [5.74, 6) is -56.8. The third kappa shape index (κ3) is 8.44. The van der Waals surface area contributed by atoms with Crippen LogP contribution in [0.15, 0.2) is 0 Å². The molecule has 4 aromatic carbocycles. The van der Waals surface area contributed by atoms with Gasteiger partial charge < -0.3 is 0 Å². The predicted molar refractivity (Wildman–Crippen MR) is 177 cm³/mol. The van der Waals surface area contributed by atoms with Gasteiger partial charge in [-0.2, -0.15) is 0 Å². The van der Waals surface area contributed by atoms with Crippen LogP contribution in [0.4, 0.5) is 83.4 Å². The van der Waals surface area contributed by atoms with E-state index in [0.717, 1.165) is 0 Å². The minimum atomic E-state index is -4.73. The molecule has 1 aliphatic rings. The molecule has 1 unspecified atom stereocenters.